The van der Waals surface area contributed by atoms with Crippen LogP contribution in [0.3, 0.4) is 0 Å². The molecule has 1 atom stereocenters. The van der Waals surface area contributed by atoms with E-state index in [0.29, 0.717) is 18.0 Å². The first-order valence-corrected chi connectivity index (χ1v) is 10.4. The summed E-state index contributed by atoms with van der Waals surface area (Å²) in [5.41, 5.74) is 0.447. The van der Waals surface area contributed by atoms with Gasteiger partial charge in [-0.3, -0.25) is 0 Å². The number of hydrogen-bond acceptors (Lipinski definition) is 3. The Morgan fingerprint density at radius 1 is 1.10 bits per heavy atom. The Morgan fingerprint density at radius 2 is 1.52 bits per heavy atom. The second-order valence-corrected chi connectivity index (χ2v) is 11.6. The van der Waals surface area contributed by atoms with Gasteiger partial charge in [0.05, 0.1) is 4.75 Å². The third-order valence-electron chi connectivity index (χ3n) is 6.84. The Hall–Kier alpha value is -0.0900. The smallest absolute Gasteiger partial charge is 0.153 e. The first-order valence-electron chi connectivity index (χ1n) is 8.54. The van der Waals surface area contributed by atoms with Crippen LogP contribution in [0.1, 0.15) is 59.3 Å². The first kappa shape index (κ1) is 15.8. The van der Waals surface area contributed by atoms with Gasteiger partial charge in [0, 0.05) is 18.8 Å². The topological polar surface area (TPSA) is 46.2 Å². The molecule has 4 saturated carbocycles. The molecule has 4 bridgehead atoms. The summed E-state index contributed by atoms with van der Waals surface area (Å²) < 4.78 is 23.1. The lowest BCUT2D eigenvalue weighted by molar-refractivity contribution is -0.0705. The molecule has 0 aromatic carbocycles. The van der Waals surface area contributed by atoms with Crippen LogP contribution in [0.15, 0.2) is 0 Å². The average molecular weight is 314 g/mol. The zero-order valence-electron chi connectivity index (χ0n) is 14.0. The van der Waals surface area contributed by atoms with Crippen LogP contribution in [0.25, 0.3) is 0 Å². The van der Waals surface area contributed by atoms with Crippen molar-refractivity contribution >= 4 is 9.84 Å². The van der Waals surface area contributed by atoms with Gasteiger partial charge in [-0.05, 0) is 82.5 Å². The van der Waals surface area contributed by atoms with Crippen molar-refractivity contribution < 1.29 is 8.42 Å². The van der Waals surface area contributed by atoms with Gasteiger partial charge < -0.3 is 5.32 Å². The van der Waals surface area contributed by atoms with E-state index in [1.165, 1.54) is 44.8 Å². The molecule has 0 aliphatic heterocycles. The zero-order valence-corrected chi connectivity index (χ0v) is 14.8. The summed E-state index contributed by atoms with van der Waals surface area (Å²) in [5.74, 6) is 2.84. The molecule has 0 aromatic heterocycles. The monoisotopic (exact) mass is 313 g/mol. The van der Waals surface area contributed by atoms with Gasteiger partial charge in [-0.2, -0.15) is 0 Å². The second kappa shape index (κ2) is 4.95. The molecule has 21 heavy (non-hydrogen) atoms. The van der Waals surface area contributed by atoms with Crippen LogP contribution in [0.5, 0.6) is 0 Å². The predicted octanol–water partition coefficient (Wildman–Crippen LogP) is 3.00. The summed E-state index contributed by atoms with van der Waals surface area (Å²) in [6, 6.07) is 0.437. The lowest BCUT2D eigenvalue weighted by atomic mass is 9.48. The molecule has 0 amide bonds. The van der Waals surface area contributed by atoms with E-state index in [4.69, 9.17) is 0 Å². The molecule has 4 aliphatic carbocycles. The molecule has 4 fully saturated rings. The van der Waals surface area contributed by atoms with Crippen molar-refractivity contribution in [3.8, 4) is 0 Å². The molecule has 122 valence electrons. The van der Waals surface area contributed by atoms with Gasteiger partial charge in [-0.25, -0.2) is 8.42 Å². The maximum atomic E-state index is 11.9. The molecule has 3 nitrogen and oxygen atoms in total. The van der Waals surface area contributed by atoms with Crippen molar-refractivity contribution in [2.75, 3.05) is 12.8 Å². The molecule has 0 spiro atoms. The molecule has 1 N–H and O–H groups in total. The molecule has 0 heterocycles. The van der Waals surface area contributed by atoms with E-state index in [9.17, 15) is 8.42 Å². The van der Waals surface area contributed by atoms with Crippen molar-refractivity contribution in [1.82, 2.24) is 5.32 Å². The van der Waals surface area contributed by atoms with Gasteiger partial charge in [-0.15, -0.1) is 0 Å². The van der Waals surface area contributed by atoms with Crippen LogP contribution in [0.4, 0.5) is 0 Å². The Bertz CT molecular complexity index is 474. The van der Waals surface area contributed by atoms with Crippen LogP contribution in [-0.2, 0) is 9.84 Å². The van der Waals surface area contributed by atoms with Gasteiger partial charge in [0.1, 0.15) is 0 Å². The van der Waals surface area contributed by atoms with E-state index < -0.39 is 14.6 Å². The standard InChI is InChI=1S/C17H31NO2S/c1-12(18-11-16(2,3)21(4,19)20)17-8-13-5-14(9-17)7-15(6-13)10-17/h12-15,18H,5-11H2,1-4H3. The lowest BCUT2D eigenvalue weighted by Crippen LogP contribution is -2.57. The minimum Gasteiger partial charge on any atom is -0.312 e. The molecule has 4 aliphatic rings. The van der Waals surface area contributed by atoms with Gasteiger partial charge in [-0.1, -0.05) is 0 Å². The Morgan fingerprint density at radius 3 is 1.90 bits per heavy atom. The summed E-state index contributed by atoms with van der Waals surface area (Å²) in [6.07, 6.45) is 9.83. The van der Waals surface area contributed by atoms with E-state index in [1.54, 1.807) is 0 Å². The molecule has 0 aromatic rings. The summed E-state index contributed by atoms with van der Waals surface area (Å²) >= 11 is 0. The number of rotatable bonds is 5. The molecular formula is C17H31NO2S. The molecule has 4 heteroatoms. The normalized spacial score (nSPS) is 40.5. The van der Waals surface area contributed by atoms with Crippen molar-refractivity contribution in [2.45, 2.75) is 70.1 Å². The van der Waals surface area contributed by atoms with Crippen LogP contribution in [0, 0.1) is 23.2 Å². The molecule has 0 saturated heterocycles. The maximum Gasteiger partial charge on any atom is 0.153 e. The van der Waals surface area contributed by atoms with E-state index >= 15 is 0 Å². The molecule has 4 rings (SSSR count). The summed E-state index contributed by atoms with van der Waals surface area (Å²) in [4.78, 5) is 0. The van der Waals surface area contributed by atoms with Crippen LogP contribution >= 0.6 is 0 Å². The highest BCUT2D eigenvalue weighted by Gasteiger charge is 2.53. The van der Waals surface area contributed by atoms with Crippen LogP contribution in [0.2, 0.25) is 0 Å². The SMILES string of the molecule is CC(NCC(C)(C)S(C)(=O)=O)C12CC3CC(CC(C3)C1)C2. The Kier molecular flexibility index (Phi) is 3.73. The van der Waals surface area contributed by atoms with Crippen molar-refractivity contribution in [2.24, 2.45) is 23.2 Å². The van der Waals surface area contributed by atoms with Crippen molar-refractivity contribution in [3.05, 3.63) is 0 Å². The molecular weight excluding hydrogens is 282 g/mol. The van der Waals surface area contributed by atoms with Gasteiger partial charge in [0.2, 0.25) is 0 Å². The fraction of sp³-hybridized carbons (Fsp3) is 1.00. The highest BCUT2D eigenvalue weighted by molar-refractivity contribution is 7.92. The van der Waals surface area contributed by atoms with Crippen molar-refractivity contribution in [3.63, 3.8) is 0 Å². The van der Waals surface area contributed by atoms with E-state index in [2.05, 4.69) is 12.2 Å². The number of hydrogen-bond donors (Lipinski definition) is 1. The van der Waals surface area contributed by atoms with Gasteiger partial charge >= 0.3 is 0 Å². The fourth-order valence-corrected chi connectivity index (χ4v) is 5.80. The quantitative estimate of drug-likeness (QED) is 0.848. The third-order valence-corrected chi connectivity index (χ3v) is 8.99. The second-order valence-electron chi connectivity index (χ2n) is 8.91. The number of nitrogens with one attached hydrogen (secondary N) is 1. The van der Waals surface area contributed by atoms with E-state index in [1.807, 2.05) is 13.8 Å². The van der Waals surface area contributed by atoms with Crippen LogP contribution in [-0.4, -0.2) is 32.0 Å². The highest BCUT2D eigenvalue weighted by atomic mass is 32.2. The summed E-state index contributed by atoms with van der Waals surface area (Å²) in [7, 11) is -3.02. The third kappa shape index (κ3) is 2.78. The van der Waals surface area contributed by atoms with E-state index in [-0.39, 0.29) is 0 Å². The highest BCUT2D eigenvalue weighted by Crippen LogP contribution is 2.61. The van der Waals surface area contributed by atoms with E-state index in [0.717, 1.165) is 17.8 Å². The lowest BCUT2D eigenvalue weighted by Gasteiger charge is -2.59. The zero-order chi connectivity index (χ0) is 15.5. The average Bonchev–Trinajstić information content (AvgIpc) is 2.32. The molecule has 0 radical (unpaired) electrons. The minimum absolute atomic E-state index is 0.437. The molecule has 1 unspecified atom stereocenters. The Balaban J connectivity index is 1.67. The predicted molar refractivity (Wildman–Crippen MR) is 87.0 cm³/mol. The summed E-state index contributed by atoms with van der Waals surface area (Å²) in [6.45, 7) is 6.53. The van der Waals surface area contributed by atoms with Crippen molar-refractivity contribution in [1.29, 1.82) is 0 Å². The summed E-state index contributed by atoms with van der Waals surface area (Å²) in [5, 5.41) is 3.61. The number of sulfone groups is 1. The van der Waals surface area contributed by atoms with Crippen LogP contribution < -0.4 is 5.32 Å². The Labute approximate surface area is 130 Å². The fourth-order valence-electron chi connectivity index (χ4n) is 5.45. The maximum absolute atomic E-state index is 11.9. The first-order chi connectivity index (χ1) is 9.61. The van der Waals surface area contributed by atoms with Gasteiger partial charge in [0.25, 0.3) is 0 Å². The van der Waals surface area contributed by atoms with Gasteiger partial charge in [0.15, 0.2) is 9.84 Å². The largest absolute Gasteiger partial charge is 0.312 e. The minimum atomic E-state index is -3.02.